The normalized spacial score (nSPS) is 10.9. The van der Waals surface area contributed by atoms with Crippen molar-refractivity contribution in [3.63, 3.8) is 0 Å². The summed E-state index contributed by atoms with van der Waals surface area (Å²) in [4.78, 5) is 8.31. The van der Waals surface area contributed by atoms with Crippen LogP contribution in [0, 0.1) is 13.8 Å². The molecule has 0 radical (unpaired) electrons. The van der Waals surface area contributed by atoms with Gasteiger partial charge in [0.1, 0.15) is 0 Å². The summed E-state index contributed by atoms with van der Waals surface area (Å²) in [5.41, 5.74) is 7.53. The molecule has 0 atom stereocenters. The molecule has 0 saturated carbocycles. The fourth-order valence-corrected chi connectivity index (χ4v) is 3.43. The Balaban J connectivity index is 2.09. The van der Waals surface area contributed by atoms with E-state index >= 15 is 0 Å². The van der Waals surface area contributed by atoms with Gasteiger partial charge in [-0.15, -0.1) is 0 Å². The molecule has 2 aromatic heterocycles. The first-order valence-electron chi connectivity index (χ1n) is 8.09. The Kier molecular flexibility index (Phi) is 3.58. The molecule has 0 spiro atoms. The average molecular weight is 310 g/mol. The Morgan fingerprint density at radius 3 is 1.25 bits per heavy atom. The molecule has 0 N–H and O–H groups in total. The van der Waals surface area contributed by atoms with Crippen LogP contribution in [0.4, 0.5) is 0 Å². The predicted octanol–water partition coefficient (Wildman–Crippen LogP) is 5.58. The first kappa shape index (κ1) is 14.6. The second-order valence-electron chi connectivity index (χ2n) is 6.08. The molecule has 4 aromatic rings. The highest BCUT2D eigenvalue weighted by Gasteiger charge is 2.12. The van der Waals surface area contributed by atoms with Gasteiger partial charge in [0.05, 0.1) is 0 Å². The van der Waals surface area contributed by atoms with E-state index in [9.17, 15) is 0 Å². The van der Waals surface area contributed by atoms with Crippen LogP contribution in [-0.4, -0.2) is 9.97 Å². The van der Waals surface area contributed by atoms with Gasteiger partial charge in [-0.05, 0) is 82.3 Å². The number of rotatable bonds is 2. The van der Waals surface area contributed by atoms with Crippen LogP contribution >= 0.6 is 0 Å². The minimum atomic E-state index is 1.21. The van der Waals surface area contributed by atoms with Crippen LogP contribution in [0.25, 0.3) is 33.0 Å². The molecule has 2 aromatic carbocycles. The van der Waals surface area contributed by atoms with E-state index in [2.05, 4.69) is 72.3 Å². The second-order valence-corrected chi connectivity index (χ2v) is 6.08. The van der Waals surface area contributed by atoms with Gasteiger partial charge in [0.25, 0.3) is 0 Å². The Bertz CT molecular complexity index is 921. The third-order valence-electron chi connectivity index (χ3n) is 4.56. The van der Waals surface area contributed by atoms with Gasteiger partial charge in [0, 0.05) is 24.8 Å². The number of pyridine rings is 2. The molecule has 2 heteroatoms. The summed E-state index contributed by atoms with van der Waals surface area (Å²) < 4.78 is 0. The predicted molar refractivity (Wildman–Crippen MR) is 99.9 cm³/mol. The number of nitrogens with zero attached hydrogens (tertiary/aromatic N) is 2. The van der Waals surface area contributed by atoms with Gasteiger partial charge in [-0.1, -0.05) is 24.3 Å². The summed E-state index contributed by atoms with van der Waals surface area (Å²) in [5, 5.41) is 2.55. The first-order valence-corrected chi connectivity index (χ1v) is 8.09. The fourth-order valence-electron chi connectivity index (χ4n) is 3.43. The van der Waals surface area contributed by atoms with Crippen molar-refractivity contribution < 1.29 is 0 Å². The van der Waals surface area contributed by atoms with Crippen molar-refractivity contribution in [2.24, 2.45) is 0 Å². The quantitative estimate of drug-likeness (QED) is 0.483. The lowest BCUT2D eigenvalue weighted by atomic mass is 9.88. The summed E-state index contributed by atoms with van der Waals surface area (Å²) in [6, 6.07) is 17.2. The Morgan fingerprint density at radius 1 is 0.500 bits per heavy atom. The highest BCUT2D eigenvalue weighted by molar-refractivity contribution is 6.06. The maximum absolute atomic E-state index is 4.15. The number of aromatic nitrogens is 2. The second kappa shape index (κ2) is 5.89. The number of benzene rings is 2. The molecule has 0 saturated heterocycles. The molecule has 0 aliphatic heterocycles. The molecule has 0 amide bonds. The zero-order valence-electron chi connectivity index (χ0n) is 13.8. The fraction of sp³-hybridized carbons (Fsp3) is 0.0909. The van der Waals surface area contributed by atoms with Crippen LogP contribution in [0.1, 0.15) is 11.1 Å². The van der Waals surface area contributed by atoms with Crippen molar-refractivity contribution in [3.8, 4) is 22.3 Å². The van der Waals surface area contributed by atoms with Crippen LogP contribution in [0.15, 0.2) is 73.3 Å². The SMILES string of the molecule is Cc1ccc2c(-c3ccncc3)c(C)ccc2c1-c1ccncc1. The molecule has 2 nitrogen and oxygen atoms in total. The minimum absolute atomic E-state index is 1.21. The van der Waals surface area contributed by atoms with E-state index in [1.54, 1.807) is 0 Å². The van der Waals surface area contributed by atoms with E-state index < -0.39 is 0 Å². The smallest absolute Gasteiger partial charge is 0.0273 e. The van der Waals surface area contributed by atoms with E-state index in [4.69, 9.17) is 0 Å². The van der Waals surface area contributed by atoms with E-state index in [0.717, 1.165) is 0 Å². The zero-order valence-corrected chi connectivity index (χ0v) is 13.8. The molecule has 4 rings (SSSR count). The molecule has 116 valence electrons. The van der Waals surface area contributed by atoms with Gasteiger partial charge in [0.2, 0.25) is 0 Å². The molecule has 0 aliphatic carbocycles. The maximum atomic E-state index is 4.15. The van der Waals surface area contributed by atoms with E-state index in [-0.39, 0.29) is 0 Å². The molecule has 0 aliphatic rings. The Hall–Kier alpha value is -3.00. The van der Waals surface area contributed by atoms with Crippen molar-refractivity contribution in [2.45, 2.75) is 13.8 Å². The molecule has 0 fully saturated rings. The highest BCUT2D eigenvalue weighted by atomic mass is 14.6. The lowest BCUT2D eigenvalue weighted by molar-refractivity contribution is 1.32. The summed E-state index contributed by atoms with van der Waals surface area (Å²) in [7, 11) is 0. The Labute approximate surface area is 141 Å². The van der Waals surface area contributed by atoms with Gasteiger partial charge in [0.15, 0.2) is 0 Å². The van der Waals surface area contributed by atoms with Crippen LogP contribution in [0.5, 0.6) is 0 Å². The highest BCUT2D eigenvalue weighted by Crippen LogP contribution is 2.38. The standard InChI is InChI=1S/C22H18N2/c1-15-3-5-20-19(21(15)17-7-11-23-12-8-17)6-4-16(2)22(20)18-9-13-24-14-10-18/h3-14H,1-2H3. The Morgan fingerprint density at radius 2 is 0.875 bits per heavy atom. The number of hydrogen-bond donors (Lipinski definition) is 0. The molecule has 24 heavy (non-hydrogen) atoms. The van der Waals surface area contributed by atoms with Crippen molar-refractivity contribution >= 4 is 10.8 Å². The van der Waals surface area contributed by atoms with Crippen LogP contribution in [0.2, 0.25) is 0 Å². The summed E-state index contributed by atoms with van der Waals surface area (Å²) >= 11 is 0. The summed E-state index contributed by atoms with van der Waals surface area (Å²) in [5.74, 6) is 0. The minimum Gasteiger partial charge on any atom is -0.265 e. The van der Waals surface area contributed by atoms with Crippen LogP contribution in [-0.2, 0) is 0 Å². The van der Waals surface area contributed by atoms with Crippen molar-refractivity contribution in [3.05, 3.63) is 84.4 Å². The number of fused-ring (bicyclic) bond motifs is 1. The van der Waals surface area contributed by atoms with Crippen LogP contribution < -0.4 is 0 Å². The topological polar surface area (TPSA) is 25.8 Å². The lowest BCUT2D eigenvalue weighted by Crippen LogP contribution is -1.91. The third kappa shape index (κ3) is 2.37. The van der Waals surface area contributed by atoms with Crippen LogP contribution in [0.3, 0.4) is 0 Å². The maximum Gasteiger partial charge on any atom is 0.0273 e. The monoisotopic (exact) mass is 310 g/mol. The lowest BCUT2D eigenvalue weighted by Gasteiger charge is -2.16. The third-order valence-corrected chi connectivity index (χ3v) is 4.56. The van der Waals surface area contributed by atoms with E-state index in [0.29, 0.717) is 0 Å². The molecular formula is C22H18N2. The van der Waals surface area contributed by atoms with Crippen molar-refractivity contribution in [2.75, 3.05) is 0 Å². The van der Waals surface area contributed by atoms with Gasteiger partial charge in [-0.2, -0.15) is 0 Å². The number of hydrogen-bond acceptors (Lipinski definition) is 2. The van der Waals surface area contributed by atoms with E-state index in [1.807, 2.05) is 24.8 Å². The largest absolute Gasteiger partial charge is 0.265 e. The molecular weight excluding hydrogens is 292 g/mol. The first-order chi connectivity index (χ1) is 11.8. The number of aryl methyl sites for hydroxylation is 2. The van der Waals surface area contributed by atoms with E-state index in [1.165, 1.54) is 44.2 Å². The van der Waals surface area contributed by atoms with Gasteiger partial charge in [-0.25, -0.2) is 0 Å². The zero-order chi connectivity index (χ0) is 16.5. The summed E-state index contributed by atoms with van der Waals surface area (Å²) in [6.45, 7) is 4.34. The molecule has 0 unspecified atom stereocenters. The molecule has 0 bridgehead atoms. The van der Waals surface area contributed by atoms with Crippen molar-refractivity contribution in [1.82, 2.24) is 9.97 Å². The average Bonchev–Trinajstić information content (AvgIpc) is 2.63. The summed E-state index contributed by atoms with van der Waals surface area (Å²) in [6.07, 6.45) is 7.41. The van der Waals surface area contributed by atoms with Crippen molar-refractivity contribution in [1.29, 1.82) is 0 Å². The van der Waals surface area contributed by atoms with Gasteiger partial charge < -0.3 is 0 Å². The van der Waals surface area contributed by atoms with Gasteiger partial charge >= 0.3 is 0 Å². The van der Waals surface area contributed by atoms with Gasteiger partial charge in [-0.3, -0.25) is 9.97 Å². The molecule has 2 heterocycles.